The van der Waals surface area contributed by atoms with E-state index < -0.39 is 5.60 Å². The Labute approximate surface area is 114 Å². The van der Waals surface area contributed by atoms with Gasteiger partial charge in [0.1, 0.15) is 4.47 Å². The van der Waals surface area contributed by atoms with E-state index in [4.69, 9.17) is 10.00 Å². The normalized spacial score (nSPS) is 16.9. The molecule has 96 valence electrons. The third-order valence-electron chi connectivity index (χ3n) is 3.23. The molecule has 0 amide bonds. The monoisotopic (exact) mass is 311 g/mol. The summed E-state index contributed by atoms with van der Waals surface area (Å²) in [6.07, 6.45) is 4.11. The van der Waals surface area contributed by atoms with E-state index in [2.05, 4.69) is 27.0 Å². The van der Waals surface area contributed by atoms with Crippen molar-refractivity contribution in [3.8, 4) is 6.07 Å². The average Bonchev–Trinajstić information content (AvgIpc) is 2.32. The molecule has 0 aromatic carbocycles. The molecule has 1 heterocycles. The molecule has 1 aromatic heterocycles. The summed E-state index contributed by atoms with van der Waals surface area (Å²) in [5.41, 5.74) is -0.0609. The highest BCUT2D eigenvalue weighted by Gasteiger charge is 2.38. The SMILES string of the molecule is Cc1ncn(CCOC2(C#N)CCC2)c(=O)c1Br. The Balaban J connectivity index is 1.97. The number of hydrogen-bond acceptors (Lipinski definition) is 4. The Morgan fingerprint density at radius 2 is 2.39 bits per heavy atom. The lowest BCUT2D eigenvalue weighted by atomic mass is 9.81. The highest BCUT2D eigenvalue weighted by molar-refractivity contribution is 9.10. The molecule has 0 spiro atoms. The molecule has 5 nitrogen and oxygen atoms in total. The third-order valence-corrected chi connectivity index (χ3v) is 4.15. The number of aromatic nitrogens is 2. The van der Waals surface area contributed by atoms with Crippen LogP contribution >= 0.6 is 15.9 Å². The molecule has 1 aromatic rings. The summed E-state index contributed by atoms with van der Waals surface area (Å²) in [4.78, 5) is 16.0. The van der Waals surface area contributed by atoms with Crippen molar-refractivity contribution < 1.29 is 4.74 Å². The summed E-state index contributed by atoms with van der Waals surface area (Å²) >= 11 is 3.21. The molecule has 1 aliphatic carbocycles. The van der Waals surface area contributed by atoms with Crippen molar-refractivity contribution in [3.05, 3.63) is 26.8 Å². The second-order valence-electron chi connectivity index (χ2n) is 4.45. The second kappa shape index (κ2) is 5.21. The first-order valence-electron chi connectivity index (χ1n) is 5.85. The maximum Gasteiger partial charge on any atom is 0.267 e. The number of hydrogen-bond donors (Lipinski definition) is 0. The maximum absolute atomic E-state index is 11.9. The minimum atomic E-state index is -0.612. The average molecular weight is 312 g/mol. The van der Waals surface area contributed by atoms with E-state index in [1.807, 2.05) is 0 Å². The smallest absolute Gasteiger partial charge is 0.267 e. The van der Waals surface area contributed by atoms with Gasteiger partial charge in [-0.1, -0.05) is 0 Å². The molecule has 0 bridgehead atoms. The van der Waals surface area contributed by atoms with Crippen LogP contribution in [0.15, 0.2) is 15.6 Å². The van der Waals surface area contributed by atoms with Crippen LogP contribution in [0.4, 0.5) is 0 Å². The Bertz CT molecular complexity index is 543. The third kappa shape index (κ3) is 2.47. The van der Waals surface area contributed by atoms with Crippen LogP contribution in [0.3, 0.4) is 0 Å². The van der Waals surface area contributed by atoms with Crippen LogP contribution in [-0.4, -0.2) is 21.8 Å². The summed E-state index contributed by atoms with van der Waals surface area (Å²) in [5.74, 6) is 0. The van der Waals surface area contributed by atoms with E-state index in [1.54, 1.807) is 6.92 Å². The fourth-order valence-corrected chi connectivity index (χ4v) is 2.16. The van der Waals surface area contributed by atoms with Crippen LogP contribution in [-0.2, 0) is 11.3 Å². The van der Waals surface area contributed by atoms with Crippen molar-refractivity contribution in [2.45, 2.75) is 38.3 Å². The molecule has 1 aliphatic rings. The van der Waals surface area contributed by atoms with Gasteiger partial charge in [-0.15, -0.1) is 0 Å². The van der Waals surface area contributed by atoms with Crippen molar-refractivity contribution in [2.75, 3.05) is 6.61 Å². The lowest BCUT2D eigenvalue weighted by molar-refractivity contribution is -0.0589. The summed E-state index contributed by atoms with van der Waals surface area (Å²) in [5, 5.41) is 9.01. The van der Waals surface area contributed by atoms with Crippen LogP contribution in [0.2, 0.25) is 0 Å². The van der Waals surface area contributed by atoms with Gasteiger partial charge in [-0.05, 0) is 42.1 Å². The number of halogens is 1. The summed E-state index contributed by atoms with van der Waals surface area (Å²) in [6.45, 7) is 2.53. The predicted molar refractivity (Wildman–Crippen MR) is 69.1 cm³/mol. The summed E-state index contributed by atoms with van der Waals surface area (Å²) in [7, 11) is 0. The predicted octanol–water partition coefficient (Wildman–Crippen LogP) is 1.78. The quantitative estimate of drug-likeness (QED) is 0.850. The van der Waals surface area contributed by atoms with Gasteiger partial charge in [-0.2, -0.15) is 5.26 Å². The van der Waals surface area contributed by atoms with Crippen LogP contribution in [0, 0.1) is 18.3 Å². The maximum atomic E-state index is 11.9. The number of ether oxygens (including phenoxy) is 1. The first kappa shape index (κ1) is 13.2. The topological polar surface area (TPSA) is 67.9 Å². The van der Waals surface area contributed by atoms with Gasteiger partial charge in [-0.25, -0.2) is 4.98 Å². The molecule has 0 unspecified atom stereocenters. The van der Waals surface area contributed by atoms with Crippen LogP contribution < -0.4 is 5.56 Å². The molecule has 0 N–H and O–H groups in total. The van der Waals surface area contributed by atoms with Crippen molar-refractivity contribution in [1.82, 2.24) is 9.55 Å². The Hall–Kier alpha value is -1.19. The van der Waals surface area contributed by atoms with E-state index in [9.17, 15) is 4.79 Å². The molecule has 0 saturated heterocycles. The number of aryl methyl sites for hydroxylation is 1. The van der Waals surface area contributed by atoms with Gasteiger partial charge in [0.05, 0.1) is 31.2 Å². The van der Waals surface area contributed by atoms with Gasteiger partial charge < -0.3 is 4.74 Å². The zero-order valence-corrected chi connectivity index (χ0v) is 11.7. The Morgan fingerprint density at radius 3 is 2.94 bits per heavy atom. The molecule has 18 heavy (non-hydrogen) atoms. The van der Waals surface area contributed by atoms with Crippen molar-refractivity contribution >= 4 is 15.9 Å². The highest BCUT2D eigenvalue weighted by atomic mass is 79.9. The van der Waals surface area contributed by atoms with Crippen molar-refractivity contribution in [2.24, 2.45) is 0 Å². The molecule has 0 atom stereocenters. The molecular weight excluding hydrogens is 298 g/mol. The minimum absolute atomic E-state index is 0.120. The molecule has 1 fully saturated rings. The van der Waals surface area contributed by atoms with E-state index in [0.29, 0.717) is 23.3 Å². The van der Waals surface area contributed by atoms with Crippen LogP contribution in [0.1, 0.15) is 25.0 Å². The van der Waals surface area contributed by atoms with Crippen LogP contribution in [0.25, 0.3) is 0 Å². The van der Waals surface area contributed by atoms with Crippen molar-refractivity contribution in [1.29, 1.82) is 5.26 Å². The van der Waals surface area contributed by atoms with Gasteiger partial charge in [0, 0.05) is 0 Å². The lowest BCUT2D eigenvalue weighted by Gasteiger charge is -2.34. The second-order valence-corrected chi connectivity index (χ2v) is 5.24. The number of rotatable bonds is 4. The fraction of sp³-hybridized carbons (Fsp3) is 0.583. The number of nitrogens with zero attached hydrogens (tertiary/aromatic N) is 3. The zero-order chi connectivity index (χ0) is 13.2. The molecule has 2 rings (SSSR count). The minimum Gasteiger partial charge on any atom is -0.358 e. The van der Waals surface area contributed by atoms with Gasteiger partial charge in [0.25, 0.3) is 5.56 Å². The van der Waals surface area contributed by atoms with Gasteiger partial charge in [0.2, 0.25) is 0 Å². The van der Waals surface area contributed by atoms with Crippen molar-refractivity contribution in [3.63, 3.8) is 0 Å². The lowest BCUT2D eigenvalue weighted by Crippen LogP contribution is -2.39. The molecule has 0 radical (unpaired) electrons. The van der Waals surface area contributed by atoms with E-state index in [0.717, 1.165) is 19.3 Å². The fourth-order valence-electron chi connectivity index (χ4n) is 1.83. The molecule has 6 heteroatoms. The number of nitriles is 1. The van der Waals surface area contributed by atoms with Gasteiger partial charge >= 0.3 is 0 Å². The van der Waals surface area contributed by atoms with E-state index in [-0.39, 0.29) is 5.56 Å². The van der Waals surface area contributed by atoms with Gasteiger partial charge in [0.15, 0.2) is 5.60 Å². The van der Waals surface area contributed by atoms with Crippen LogP contribution in [0.5, 0.6) is 0 Å². The Morgan fingerprint density at radius 1 is 1.67 bits per heavy atom. The summed E-state index contributed by atoms with van der Waals surface area (Å²) < 4.78 is 7.54. The molecule has 0 aliphatic heterocycles. The standard InChI is InChI=1S/C12H14BrN3O2/c1-9-10(13)11(17)16(8-15-9)5-6-18-12(7-14)3-2-4-12/h8H,2-6H2,1H3. The molecule has 1 saturated carbocycles. The molecular formula is C12H14BrN3O2. The highest BCUT2D eigenvalue weighted by Crippen LogP contribution is 2.34. The van der Waals surface area contributed by atoms with E-state index >= 15 is 0 Å². The summed E-state index contributed by atoms with van der Waals surface area (Å²) in [6, 6.07) is 2.20. The van der Waals surface area contributed by atoms with E-state index in [1.165, 1.54) is 10.9 Å². The van der Waals surface area contributed by atoms with Gasteiger partial charge in [-0.3, -0.25) is 9.36 Å². The first-order valence-corrected chi connectivity index (χ1v) is 6.64. The first-order chi connectivity index (χ1) is 8.58. The Kier molecular flexibility index (Phi) is 3.83. The largest absolute Gasteiger partial charge is 0.358 e. The zero-order valence-electron chi connectivity index (χ0n) is 10.1.